The summed E-state index contributed by atoms with van der Waals surface area (Å²) in [5.41, 5.74) is -0.166. The van der Waals surface area contributed by atoms with E-state index in [4.69, 9.17) is 16.4 Å². The van der Waals surface area contributed by atoms with Gasteiger partial charge in [-0.1, -0.05) is 12.0 Å². The molecule has 3 heteroatoms. The molecule has 0 unspecified atom stereocenters. The summed E-state index contributed by atoms with van der Waals surface area (Å²) in [6.07, 6.45) is 7.28. The van der Waals surface area contributed by atoms with Crippen LogP contribution in [0.5, 0.6) is 5.75 Å². The van der Waals surface area contributed by atoms with Crippen LogP contribution in [0.1, 0.15) is 19.4 Å². The van der Waals surface area contributed by atoms with Crippen LogP contribution in [0.2, 0.25) is 0 Å². The summed E-state index contributed by atoms with van der Waals surface area (Å²) in [4.78, 5) is 0.896. The molecule has 1 rings (SSSR count). The van der Waals surface area contributed by atoms with Gasteiger partial charge in [-0.2, -0.15) is 5.26 Å². The lowest BCUT2D eigenvalue weighted by Gasteiger charge is -2.21. The number of hydrogen-bond donors (Lipinski definition) is 0. The molecule has 2 nitrogen and oxygen atoms in total. The Morgan fingerprint density at radius 2 is 2.12 bits per heavy atom. The van der Waals surface area contributed by atoms with E-state index >= 15 is 0 Å². The molecule has 0 radical (unpaired) electrons. The molecule has 82 valence electrons. The Balaban J connectivity index is 3.17. The van der Waals surface area contributed by atoms with E-state index in [0.29, 0.717) is 11.3 Å². The highest BCUT2D eigenvalue weighted by molar-refractivity contribution is 7.98. The van der Waals surface area contributed by atoms with Gasteiger partial charge in [0.1, 0.15) is 17.4 Å². The van der Waals surface area contributed by atoms with Crippen LogP contribution in [0.25, 0.3) is 0 Å². The first kappa shape index (κ1) is 12.5. The molecule has 0 aliphatic heterocycles. The highest BCUT2D eigenvalue weighted by Crippen LogP contribution is 2.30. The third-order valence-corrected chi connectivity index (χ3v) is 2.81. The van der Waals surface area contributed by atoms with Gasteiger partial charge in [-0.05, 0) is 32.2 Å². The fourth-order valence-corrected chi connectivity index (χ4v) is 1.75. The average molecular weight is 231 g/mol. The number of benzene rings is 1. The number of hydrogen-bond acceptors (Lipinski definition) is 3. The number of rotatable bonds is 3. The van der Waals surface area contributed by atoms with E-state index < -0.39 is 5.60 Å². The highest BCUT2D eigenvalue weighted by Gasteiger charge is 2.18. The molecule has 0 aliphatic rings. The van der Waals surface area contributed by atoms with Crippen molar-refractivity contribution in [1.82, 2.24) is 0 Å². The van der Waals surface area contributed by atoms with Gasteiger partial charge in [0.05, 0.1) is 0 Å². The van der Waals surface area contributed by atoms with E-state index in [1.807, 2.05) is 18.4 Å². The SMILES string of the molecule is C#CC(C)(C)Oc1cccc(SC)c1C#N. The average Bonchev–Trinajstić information content (AvgIpc) is 2.28. The molecule has 1 aromatic carbocycles. The molecular weight excluding hydrogens is 218 g/mol. The minimum Gasteiger partial charge on any atom is -0.474 e. The molecule has 0 heterocycles. The van der Waals surface area contributed by atoms with Crippen molar-refractivity contribution in [3.05, 3.63) is 23.8 Å². The van der Waals surface area contributed by atoms with Crippen molar-refractivity contribution in [2.24, 2.45) is 0 Å². The van der Waals surface area contributed by atoms with Gasteiger partial charge < -0.3 is 4.74 Å². The van der Waals surface area contributed by atoms with Gasteiger partial charge in [0.25, 0.3) is 0 Å². The smallest absolute Gasteiger partial charge is 0.163 e. The van der Waals surface area contributed by atoms with Gasteiger partial charge in [-0.3, -0.25) is 0 Å². The second kappa shape index (κ2) is 4.96. The van der Waals surface area contributed by atoms with Crippen LogP contribution in [0.15, 0.2) is 23.1 Å². The summed E-state index contributed by atoms with van der Waals surface area (Å²) < 4.78 is 5.64. The maximum absolute atomic E-state index is 9.10. The summed E-state index contributed by atoms with van der Waals surface area (Å²) in [6, 6.07) is 7.65. The number of terminal acetylenes is 1. The minimum absolute atomic E-state index is 0.539. The van der Waals surface area contributed by atoms with Gasteiger partial charge in [0.2, 0.25) is 0 Å². The van der Waals surface area contributed by atoms with Crippen molar-refractivity contribution < 1.29 is 4.74 Å². The van der Waals surface area contributed by atoms with Crippen molar-refractivity contribution in [1.29, 1.82) is 5.26 Å². The van der Waals surface area contributed by atoms with Gasteiger partial charge in [0.15, 0.2) is 5.60 Å². The second-order valence-corrected chi connectivity index (χ2v) is 4.55. The lowest BCUT2D eigenvalue weighted by molar-refractivity contribution is 0.171. The molecule has 0 amide bonds. The van der Waals surface area contributed by atoms with E-state index in [1.54, 1.807) is 19.9 Å². The van der Waals surface area contributed by atoms with Crippen LogP contribution in [0.4, 0.5) is 0 Å². The van der Waals surface area contributed by atoms with Crippen LogP contribution >= 0.6 is 11.8 Å². The normalized spacial score (nSPS) is 10.3. The number of thioether (sulfide) groups is 1. The van der Waals surface area contributed by atoms with Crippen molar-refractivity contribution in [2.75, 3.05) is 6.26 Å². The Hall–Kier alpha value is -1.58. The first-order valence-electron chi connectivity index (χ1n) is 4.78. The number of nitrogens with zero attached hydrogens (tertiary/aromatic N) is 1. The molecule has 0 spiro atoms. The molecule has 0 atom stereocenters. The Labute approximate surface area is 101 Å². The number of ether oxygens (including phenoxy) is 1. The van der Waals surface area contributed by atoms with Gasteiger partial charge >= 0.3 is 0 Å². The van der Waals surface area contributed by atoms with Crippen molar-refractivity contribution in [3.63, 3.8) is 0 Å². The maximum atomic E-state index is 9.10. The lowest BCUT2D eigenvalue weighted by atomic mass is 10.1. The Bertz CT molecular complexity index is 466. The van der Waals surface area contributed by atoms with Crippen LogP contribution in [0.3, 0.4) is 0 Å². The van der Waals surface area contributed by atoms with Gasteiger partial charge in [-0.25, -0.2) is 0 Å². The quantitative estimate of drug-likeness (QED) is 0.592. The molecule has 0 saturated heterocycles. The van der Waals surface area contributed by atoms with Gasteiger partial charge in [0, 0.05) is 4.90 Å². The molecule has 0 N–H and O–H groups in total. The molecule has 16 heavy (non-hydrogen) atoms. The monoisotopic (exact) mass is 231 g/mol. The zero-order valence-electron chi connectivity index (χ0n) is 9.57. The van der Waals surface area contributed by atoms with Crippen LogP contribution in [-0.2, 0) is 0 Å². The topological polar surface area (TPSA) is 33.0 Å². The summed E-state index contributed by atoms with van der Waals surface area (Å²) in [5.74, 6) is 3.08. The number of nitriles is 1. The first-order valence-corrected chi connectivity index (χ1v) is 6.00. The molecule has 0 bridgehead atoms. The first-order chi connectivity index (χ1) is 7.54. The summed E-state index contributed by atoms with van der Waals surface area (Å²) in [7, 11) is 0. The fourth-order valence-electron chi connectivity index (χ4n) is 1.18. The van der Waals surface area contributed by atoms with Crippen molar-refractivity contribution in [2.45, 2.75) is 24.3 Å². The van der Waals surface area contributed by atoms with E-state index in [1.165, 1.54) is 11.8 Å². The second-order valence-electron chi connectivity index (χ2n) is 3.70. The van der Waals surface area contributed by atoms with E-state index in [-0.39, 0.29) is 0 Å². The van der Waals surface area contributed by atoms with Crippen LogP contribution in [0, 0.1) is 23.7 Å². The standard InChI is InChI=1S/C13H13NOS/c1-5-13(2,3)15-11-7-6-8-12(16-4)10(11)9-14/h1,6-8H,2-4H3. The highest BCUT2D eigenvalue weighted by atomic mass is 32.2. The van der Waals surface area contributed by atoms with E-state index in [0.717, 1.165) is 4.90 Å². The Morgan fingerprint density at radius 1 is 1.44 bits per heavy atom. The summed E-state index contributed by atoms with van der Waals surface area (Å²) in [6.45, 7) is 3.58. The predicted octanol–water partition coefficient (Wildman–Crippen LogP) is 3.07. The van der Waals surface area contributed by atoms with E-state index in [9.17, 15) is 0 Å². The van der Waals surface area contributed by atoms with Crippen LogP contribution < -0.4 is 4.74 Å². The molecule has 0 aromatic heterocycles. The fraction of sp³-hybridized carbons (Fsp3) is 0.308. The molecule has 0 saturated carbocycles. The Morgan fingerprint density at radius 3 is 2.62 bits per heavy atom. The van der Waals surface area contributed by atoms with Crippen molar-refractivity contribution >= 4 is 11.8 Å². The summed E-state index contributed by atoms with van der Waals surface area (Å²) >= 11 is 1.51. The van der Waals surface area contributed by atoms with Crippen molar-refractivity contribution in [3.8, 4) is 24.2 Å². The maximum Gasteiger partial charge on any atom is 0.163 e. The zero-order chi connectivity index (χ0) is 12.2. The van der Waals surface area contributed by atoms with E-state index in [2.05, 4.69) is 12.0 Å². The third-order valence-electron chi connectivity index (χ3n) is 2.03. The Kier molecular flexibility index (Phi) is 3.88. The largest absolute Gasteiger partial charge is 0.474 e. The zero-order valence-corrected chi connectivity index (χ0v) is 10.4. The van der Waals surface area contributed by atoms with Gasteiger partial charge in [-0.15, -0.1) is 18.2 Å². The molecular formula is C13H13NOS. The molecule has 0 aliphatic carbocycles. The summed E-state index contributed by atoms with van der Waals surface area (Å²) in [5, 5.41) is 9.10. The third kappa shape index (κ3) is 2.72. The van der Waals surface area contributed by atoms with Crippen LogP contribution in [-0.4, -0.2) is 11.9 Å². The minimum atomic E-state index is -0.706. The molecule has 1 aromatic rings. The predicted molar refractivity (Wildman–Crippen MR) is 66.5 cm³/mol. The lowest BCUT2D eigenvalue weighted by Crippen LogP contribution is -2.26. The molecule has 0 fully saturated rings.